The number of hydrogen-bond acceptors (Lipinski definition) is 4. The zero-order valence-electron chi connectivity index (χ0n) is 9.18. The Morgan fingerprint density at radius 2 is 2.06 bits per heavy atom. The van der Waals surface area contributed by atoms with Crippen LogP contribution in [0.2, 0.25) is 0 Å². The molecule has 0 spiro atoms. The summed E-state index contributed by atoms with van der Waals surface area (Å²) in [4.78, 5) is 8.22. The normalized spacial score (nSPS) is 12.4. The highest BCUT2D eigenvalue weighted by atomic mass is 79.9. The Bertz CT molecular complexity index is 498. The Hall–Kier alpha value is -1.46. The summed E-state index contributed by atoms with van der Waals surface area (Å²) in [5.74, 6) is 0.512. The molecule has 88 valence electrons. The first-order chi connectivity index (χ1) is 8.15. The molecule has 4 N–H and O–H groups in total. The van der Waals surface area contributed by atoms with Gasteiger partial charge in [-0.2, -0.15) is 0 Å². The predicted molar refractivity (Wildman–Crippen MR) is 71.2 cm³/mol. The standard InChI is InChI=1S/C12H13BrN4/c13-9-1-2-11(17-7-9)10(14)5-8-3-4-16-12(15)6-8/h1-4,6-7,10H,5,14H2,(H2,15,16). The lowest BCUT2D eigenvalue weighted by Crippen LogP contribution is -2.15. The summed E-state index contributed by atoms with van der Waals surface area (Å²) in [6.45, 7) is 0. The molecule has 17 heavy (non-hydrogen) atoms. The van der Waals surface area contributed by atoms with Crippen molar-refractivity contribution in [3.05, 3.63) is 52.4 Å². The van der Waals surface area contributed by atoms with E-state index in [1.165, 1.54) is 0 Å². The van der Waals surface area contributed by atoms with Crippen molar-refractivity contribution in [3.63, 3.8) is 0 Å². The van der Waals surface area contributed by atoms with Gasteiger partial charge in [-0.1, -0.05) is 0 Å². The summed E-state index contributed by atoms with van der Waals surface area (Å²) in [6.07, 6.45) is 4.13. The third-order valence-electron chi connectivity index (χ3n) is 2.43. The molecule has 0 aromatic carbocycles. The number of hydrogen-bond donors (Lipinski definition) is 2. The van der Waals surface area contributed by atoms with Gasteiger partial charge < -0.3 is 11.5 Å². The van der Waals surface area contributed by atoms with Crippen LogP contribution in [0, 0.1) is 0 Å². The van der Waals surface area contributed by atoms with Crippen LogP contribution in [0.4, 0.5) is 5.82 Å². The summed E-state index contributed by atoms with van der Waals surface area (Å²) in [5.41, 5.74) is 13.6. The highest BCUT2D eigenvalue weighted by molar-refractivity contribution is 9.10. The second kappa shape index (κ2) is 5.25. The highest BCUT2D eigenvalue weighted by Gasteiger charge is 2.08. The van der Waals surface area contributed by atoms with Gasteiger partial charge in [-0.3, -0.25) is 4.98 Å². The third-order valence-corrected chi connectivity index (χ3v) is 2.90. The molecule has 2 aromatic rings. The molecule has 1 atom stereocenters. The molecule has 2 aromatic heterocycles. The fourth-order valence-corrected chi connectivity index (χ4v) is 1.82. The number of rotatable bonds is 3. The number of anilines is 1. The van der Waals surface area contributed by atoms with Gasteiger partial charge in [0.05, 0.1) is 11.7 Å². The summed E-state index contributed by atoms with van der Waals surface area (Å²) < 4.78 is 0.946. The van der Waals surface area contributed by atoms with Crippen LogP contribution in [0.25, 0.3) is 0 Å². The monoisotopic (exact) mass is 292 g/mol. The van der Waals surface area contributed by atoms with E-state index in [2.05, 4.69) is 25.9 Å². The molecule has 0 aliphatic heterocycles. The molecule has 1 unspecified atom stereocenters. The zero-order valence-corrected chi connectivity index (χ0v) is 10.8. The van der Waals surface area contributed by atoms with Gasteiger partial charge in [0.15, 0.2) is 0 Å². The maximum Gasteiger partial charge on any atom is 0.123 e. The third kappa shape index (κ3) is 3.25. The molecule has 0 saturated carbocycles. The largest absolute Gasteiger partial charge is 0.384 e. The zero-order chi connectivity index (χ0) is 12.3. The minimum Gasteiger partial charge on any atom is -0.384 e. The molecule has 2 rings (SSSR count). The van der Waals surface area contributed by atoms with Crippen molar-refractivity contribution in [3.8, 4) is 0 Å². The van der Waals surface area contributed by atoms with E-state index in [0.717, 1.165) is 15.7 Å². The van der Waals surface area contributed by atoms with E-state index in [4.69, 9.17) is 11.5 Å². The second-order valence-corrected chi connectivity index (χ2v) is 4.72. The van der Waals surface area contributed by atoms with Crippen LogP contribution in [0.3, 0.4) is 0 Å². The first-order valence-electron chi connectivity index (χ1n) is 5.22. The van der Waals surface area contributed by atoms with E-state index in [1.807, 2.05) is 24.3 Å². The van der Waals surface area contributed by atoms with E-state index < -0.39 is 0 Å². The van der Waals surface area contributed by atoms with Crippen LogP contribution in [0.1, 0.15) is 17.3 Å². The smallest absolute Gasteiger partial charge is 0.123 e. The molecular formula is C12H13BrN4. The average Bonchev–Trinajstić information content (AvgIpc) is 2.29. The van der Waals surface area contributed by atoms with Gasteiger partial charge >= 0.3 is 0 Å². The number of pyridine rings is 2. The Labute approximate surface area is 108 Å². The Morgan fingerprint density at radius 1 is 1.24 bits per heavy atom. The molecule has 2 heterocycles. The van der Waals surface area contributed by atoms with Gasteiger partial charge in [-0.15, -0.1) is 0 Å². The van der Waals surface area contributed by atoms with Crippen molar-refractivity contribution in [2.45, 2.75) is 12.5 Å². The number of nitrogens with zero attached hydrogens (tertiary/aromatic N) is 2. The molecule has 0 aliphatic rings. The van der Waals surface area contributed by atoms with Crippen molar-refractivity contribution >= 4 is 21.7 Å². The maximum absolute atomic E-state index is 6.09. The van der Waals surface area contributed by atoms with E-state index in [9.17, 15) is 0 Å². The lowest BCUT2D eigenvalue weighted by atomic mass is 10.0. The van der Waals surface area contributed by atoms with Gasteiger partial charge in [-0.05, 0) is 52.2 Å². The summed E-state index contributed by atoms with van der Waals surface area (Å²) >= 11 is 3.34. The van der Waals surface area contributed by atoms with Gasteiger partial charge in [0.25, 0.3) is 0 Å². The van der Waals surface area contributed by atoms with Gasteiger partial charge in [0.2, 0.25) is 0 Å². The second-order valence-electron chi connectivity index (χ2n) is 3.80. The summed E-state index contributed by atoms with van der Waals surface area (Å²) in [6, 6.07) is 7.46. The van der Waals surface area contributed by atoms with Crippen LogP contribution < -0.4 is 11.5 Å². The molecular weight excluding hydrogens is 280 g/mol. The first-order valence-corrected chi connectivity index (χ1v) is 6.02. The van der Waals surface area contributed by atoms with Crippen LogP contribution in [0.15, 0.2) is 41.1 Å². The van der Waals surface area contributed by atoms with Gasteiger partial charge in [-0.25, -0.2) is 4.98 Å². The highest BCUT2D eigenvalue weighted by Crippen LogP contribution is 2.16. The van der Waals surface area contributed by atoms with Crippen molar-refractivity contribution in [1.29, 1.82) is 0 Å². The van der Waals surface area contributed by atoms with Crippen LogP contribution in [0.5, 0.6) is 0 Å². The van der Waals surface area contributed by atoms with Gasteiger partial charge in [0, 0.05) is 16.9 Å². The van der Waals surface area contributed by atoms with E-state index in [1.54, 1.807) is 12.4 Å². The average molecular weight is 293 g/mol. The lowest BCUT2D eigenvalue weighted by molar-refractivity contribution is 0.695. The molecule has 5 heteroatoms. The Balaban J connectivity index is 2.11. The molecule has 0 saturated heterocycles. The van der Waals surface area contributed by atoms with E-state index in [0.29, 0.717) is 12.2 Å². The fraction of sp³-hybridized carbons (Fsp3) is 0.167. The SMILES string of the molecule is Nc1cc(CC(N)c2ccc(Br)cn2)ccn1. The fourth-order valence-electron chi connectivity index (χ4n) is 1.59. The van der Waals surface area contributed by atoms with Crippen LogP contribution in [-0.4, -0.2) is 9.97 Å². The number of nitrogens with two attached hydrogens (primary N) is 2. The lowest BCUT2D eigenvalue weighted by Gasteiger charge is -2.11. The molecule has 0 radical (unpaired) electrons. The molecule has 0 aliphatic carbocycles. The number of nitrogen functional groups attached to an aromatic ring is 1. The van der Waals surface area contributed by atoms with Gasteiger partial charge in [0.1, 0.15) is 5.82 Å². The van der Waals surface area contributed by atoms with Crippen LogP contribution in [-0.2, 0) is 6.42 Å². The van der Waals surface area contributed by atoms with Crippen LogP contribution >= 0.6 is 15.9 Å². The first kappa shape index (κ1) is 12.0. The minimum atomic E-state index is -0.134. The van der Waals surface area contributed by atoms with Crippen molar-refractivity contribution in [2.75, 3.05) is 5.73 Å². The maximum atomic E-state index is 6.09. The molecule has 0 amide bonds. The predicted octanol–water partition coefficient (Wildman–Crippen LogP) is 2.06. The molecule has 0 bridgehead atoms. The summed E-state index contributed by atoms with van der Waals surface area (Å²) in [5, 5.41) is 0. The van der Waals surface area contributed by atoms with E-state index >= 15 is 0 Å². The van der Waals surface area contributed by atoms with E-state index in [-0.39, 0.29) is 6.04 Å². The molecule has 0 fully saturated rings. The number of halogens is 1. The minimum absolute atomic E-state index is 0.134. The van der Waals surface area contributed by atoms with Crippen molar-refractivity contribution in [1.82, 2.24) is 9.97 Å². The van der Waals surface area contributed by atoms with Crippen molar-refractivity contribution in [2.24, 2.45) is 5.73 Å². The van der Waals surface area contributed by atoms with Crippen molar-refractivity contribution < 1.29 is 0 Å². The quantitative estimate of drug-likeness (QED) is 0.908. The Morgan fingerprint density at radius 3 is 2.71 bits per heavy atom. The Kier molecular flexibility index (Phi) is 3.71. The molecule has 4 nitrogen and oxygen atoms in total. The topological polar surface area (TPSA) is 77.8 Å². The summed E-state index contributed by atoms with van der Waals surface area (Å²) in [7, 11) is 0. The number of aromatic nitrogens is 2.